The lowest BCUT2D eigenvalue weighted by Crippen LogP contribution is -2.65. The van der Waals surface area contributed by atoms with Crippen LogP contribution in [0, 0.1) is 33.8 Å². The maximum absolute atomic E-state index is 13.9. The number of alkyl halides is 3. The molecule has 2 heterocycles. The topological polar surface area (TPSA) is 135 Å². The van der Waals surface area contributed by atoms with Gasteiger partial charge in [0.15, 0.2) is 14.1 Å². The van der Waals surface area contributed by atoms with Crippen LogP contribution >= 0.6 is 0 Å². The molecule has 11 nitrogen and oxygen atoms in total. The molecule has 1 fully saturated rings. The number of amides is 1. The zero-order valence-corrected chi connectivity index (χ0v) is 31.8. The summed E-state index contributed by atoms with van der Waals surface area (Å²) in [7, 11) is -2.08. The lowest BCUT2D eigenvalue weighted by molar-refractivity contribution is -0.384. The van der Waals surface area contributed by atoms with Crippen molar-refractivity contribution in [1.82, 2.24) is 4.90 Å². The van der Waals surface area contributed by atoms with Gasteiger partial charge in [-0.1, -0.05) is 63.8 Å². The van der Waals surface area contributed by atoms with E-state index in [0.717, 1.165) is 18.1 Å². The fourth-order valence-corrected chi connectivity index (χ4v) is 10.7. The standard InChI is InChI=1S/C40H39F3N2O9Si/c1-6-55(7-2,8-3)54-24(5)33-35-23(4)28(36(44(35)38(33)47)39(48)53-27-17-15-26(16-18-27)45(49)50)12-10-20-51-32-13-9-11-30-34(32)29-19-14-25(21-31(29)37(30)46)22-52-40(41,42)43/h9,11,13-19,21,23-24,33,35H,6-8,20,22H2,1-5H3/t23-,24+,33+,35+/m0/s1. The van der Waals surface area contributed by atoms with E-state index in [4.69, 9.17) is 13.9 Å². The summed E-state index contributed by atoms with van der Waals surface area (Å²) in [4.78, 5) is 52.9. The second-order valence-corrected chi connectivity index (χ2v) is 18.4. The van der Waals surface area contributed by atoms with E-state index in [1.54, 1.807) is 24.3 Å². The van der Waals surface area contributed by atoms with Crippen molar-refractivity contribution in [2.75, 3.05) is 6.61 Å². The maximum atomic E-state index is 13.9. The molecule has 4 atom stereocenters. The van der Waals surface area contributed by atoms with Gasteiger partial charge in [-0.3, -0.25) is 24.4 Å². The van der Waals surface area contributed by atoms with E-state index in [1.807, 2.05) is 13.8 Å². The number of benzene rings is 3. The summed E-state index contributed by atoms with van der Waals surface area (Å²) in [6, 6.07) is 16.5. The van der Waals surface area contributed by atoms with Crippen molar-refractivity contribution >= 4 is 31.7 Å². The van der Waals surface area contributed by atoms with Crippen LogP contribution in [0.15, 0.2) is 71.9 Å². The number of hydrogen-bond donors (Lipinski definition) is 0. The number of carbonyl (C=O) groups excluding carboxylic acids is 3. The molecule has 288 valence electrons. The highest BCUT2D eigenvalue weighted by molar-refractivity contribution is 6.73. The zero-order chi connectivity index (χ0) is 39.8. The van der Waals surface area contributed by atoms with Gasteiger partial charge in [0.1, 0.15) is 23.8 Å². The number of nitro groups is 1. The van der Waals surface area contributed by atoms with Crippen molar-refractivity contribution in [3.05, 3.63) is 98.7 Å². The molecule has 0 spiro atoms. The van der Waals surface area contributed by atoms with Gasteiger partial charge in [0.05, 0.1) is 29.6 Å². The monoisotopic (exact) mass is 776 g/mol. The number of halogens is 3. The molecule has 15 heteroatoms. The predicted molar refractivity (Wildman–Crippen MR) is 196 cm³/mol. The van der Waals surface area contributed by atoms with Crippen LogP contribution in [0.4, 0.5) is 18.9 Å². The average Bonchev–Trinajstić information content (AvgIpc) is 3.58. The Bertz CT molecular complexity index is 2130. The molecule has 6 rings (SSSR count). The highest BCUT2D eigenvalue weighted by atomic mass is 28.4. The fourth-order valence-electron chi connectivity index (χ4n) is 7.72. The Labute approximate surface area is 316 Å². The van der Waals surface area contributed by atoms with Crippen molar-refractivity contribution in [2.24, 2.45) is 11.8 Å². The number of carbonyl (C=O) groups is 3. The summed E-state index contributed by atoms with van der Waals surface area (Å²) < 4.78 is 60.2. The minimum atomic E-state index is -4.82. The van der Waals surface area contributed by atoms with Gasteiger partial charge in [-0.15, -0.1) is 13.2 Å². The maximum Gasteiger partial charge on any atom is 0.522 e. The number of nitro benzene ring substituents is 1. The molecule has 3 aromatic carbocycles. The van der Waals surface area contributed by atoms with E-state index < -0.39 is 50.2 Å². The Morgan fingerprint density at radius 2 is 1.69 bits per heavy atom. The van der Waals surface area contributed by atoms with Crippen LogP contribution in [-0.4, -0.2) is 60.9 Å². The SMILES string of the molecule is CC[Si](CC)(CC)O[C@H](C)[C@H]1C(=O)N2C(C(=O)Oc3ccc([N+](=O)[O-])cc3)=C(C#CCOc3cccc4c3-c3ccc(COC(F)(F)F)cc3C4=O)[C@H](C)[C@H]12. The number of fused-ring (bicyclic) bond motifs is 4. The second kappa shape index (κ2) is 15.4. The van der Waals surface area contributed by atoms with Crippen LogP contribution in [0.25, 0.3) is 11.1 Å². The Morgan fingerprint density at radius 1 is 1.00 bits per heavy atom. The van der Waals surface area contributed by atoms with Gasteiger partial charge in [0, 0.05) is 40.3 Å². The molecule has 3 aliphatic rings. The molecule has 1 saturated heterocycles. The summed E-state index contributed by atoms with van der Waals surface area (Å²) in [6.07, 6.45) is -5.22. The van der Waals surface area contributed by atoms with Crippen molar-refractivity contribution in [3.63, 3.8) is 0 Å². The third-order valence-electron chi connectivity index (χ3n) is 10.8. The van der Waals surface area contributed by atoms with Crippen LogP contribution < -0.4 is 9.47 Å². The molecule has 1 amide bonds. The summed E-state index contributed by atoms with van der Waals surface area (Å²) in [5.41, 5.74) is 1.86. The summed E-state index contributed by atoms with van der Waals surface area (Å²) in [5.74, 6) is 3.98. The van der Waals surface area contributed by atoms with Crippen LogP contribution in [0.1, 0.15) is 56.1 Å². The first-order valence-corrected chi connectivity index (χ1v) is 20.5. The van der Waals surface area contributed by atoms with Gasteiger partial charge in [-0.05, 0) is 60.4 Å². The van der Waals surface area contributed by atoms with Gasteiger partial charge in [0.25, 0.3) is 5.69 Å². The molecule has 0 radical (unpaired) electrons. The predicted octanol–water partition coefficient (Wildman–Crippen LogP) is 7.97. The fraction of sp³-hybridized carbons (Fsp3) is 0.375. The summed E-state index contributed by atoms with van der Waals surface area (Å²) in [5, 5.41) is 11.1. The number of hydrogen-bond acceptors (Lipinski definition) is 9. The van der Waals surface area contributed by atoms with Crippen molar-refractivity contribution in [1.29, 1.82) is 0 Å². The van der Waals surface area contributed by atoms with Gasteiger partial charge in [-0.2, -0.15) is 0 Å². The molecule has 3 aromatic rings. The highest BCUT2D eigenvalue weighted by Crippen LogP contribution is 2.49. The van der Waals surface area contributed by atoms with Crippen LogP contribution in [0.5, 0.6) is 11.5 Å². The van der Waals surface area contributed by atoms with E-state index in [2.05, 4.69) is 37.3 Å². The van der Waals surface area contributed by atoms with Crippen molar-refractivity contribution in [2.45, 2.75) is 77.9 Å². The Morgan fingerprint density at radius 3 is 2.33 bits per heavy atom. The molecular formula is C40H39F3N2O9Si. The molecule has 0 aromatic heterocycles. The third-order valence-corrected chi connectivity index (χ3v) is 15.5. The number of ether oxygens (including phenoxy) is 3. The lowest BCUT2D eigenvalue weighted by Gasteiger charge is -2.49. The number of ketones is 1. The third kappa shape index (κ3) is 7.54. The van der Waals surface area contributed by atoms with E-state index in [1.165, 1.54) is 41.3 Å². The second-order valence-electron chi connectivity index (χ2n) is 13.7. The molecule has 0 N–H and O–H groups in total. The molecule has 0 saturated carbocycles. The Balaban J connectivity index is 1.26. The Hall–Kier alpha value is -5.30. The molecular weight excluding hydrogens is 738 g/mol. The van der Waals surface area contributed by atoms with Gasteiger partial charge >= 0.3 is 12.3 Å². The molecule has 55 heavy (non-hydrogen) atoms. The van der Waals surface area contributed by atoms with Gasteiger partial charge < -0.3 is 18.8 Å². The summed E-state index contributed by atoms with van der Waals surface area (Å²) in [6.45, 7) is 9.18. The lowest BCUT2D eigenvalue weighted by atomic mass is 9.78. The average molecular weight is 777 g/mol. The Kier molecular flexibility index (Phi) is 11.1. The first kappa shape index (κ1) is 39.4. The van der Waals surface area contributed by atoms with Crippen LogP contribution in [0.3, 0.4) is 0 Å². The molecule has 1 aliphatic carbocycles. The largest absolute Gasteiger partial charge is 0.522 e. The number of β-lactam (4-membered cyclic amide) rings is 1. The quantitative estimate of drug-likeness (QED) is 0.0252. The molecule has 2 aliphatic heterocycles. The van der Waals surface area contributed by atoms with Crippen LogP contribution in [-0.2, 0) is 25.4 Å². The number of rotatable bonds is 13. The molecule has 0 bridgehead atoms. The normalized spacial score (nSPS) is 19.2. The van der Waals surface area contributed by atoms with Crippen molar-refractivity contribution in [3.8, 4) is 34.5 Å². The zero-order valence-electron chi connectivity index (χ0n) is 30.8. The number of nitrogens with zero attached hydrogens (tertiary/aromatic N) is 2. The first-order valence-electron chi connectivity index (χ1n) is 18.0. The smallest absolute Gasteiger partial charge is 0.480 e. The van der Waals surface area contributed by atoms with Crippen LogP contribution in [0.2, 0.25) is 18.1 Å². The van der Waals surface area contributed by atoms with Crippen molar-refractivity contribution < 1.29 is 51.1 Å². The van der Waals surface area contributed by atoms with Gasteiger partial charge in [-0.25, -0.2) is 4.79 Å². The van der Waals surface area contributed by atoms with Gasteiger partial charge in [0.2, 0.25) is 5.91 Å². The minimum absolute atomic E-state index is 0.0211. The van der Waals surface area contributed by atoms with E-state index in [0.29, 0.717) is 28.0 Å². The summed E-state index contributed by atoms with van der Waals surface area (Å²) >= 11 is 0. The molecule has 0 unspecified atom stereocenters. The first-order chi connectivity index (χ1) is 26.1. The van der Waals surface area contributed by atoms with E-state index in [-0.39, 0.29) is 52.5 Å². The minimum Gasteiger partial charge on any atom is -0.480 e. The number of esters is 1. The van der Waals surface area contributed by atoms with E-state index >= 15 is 0 Å². The highest BCUT2D eigenvalue weighted by Gasteiger charge is 2.61. The number of non-ortho nitro benzene ring substituents is 1. The van der Waals surface area contributed by atoms with E-state index in [9.17, 15) is 37.7 Å².